The summed E-state index contributed by atoms with van der Waals surface area (Å²) in [6.07, 6.45) is 2.97. The standard InChI is InChI=1S/C19H21NO4/c21-16(13-14-5-2-1-3-6-14)15-8-10-20(11-9-15)19(23)18(22)17-7-4-12-24-17/h1-7,12,15-16,21H,8-11,13H2. The lowest BCUT2D eigenvalue weighted by Gasteiger charge is -2.33. The van der Waals surface area contributed by atoms with Gasteiger partial charge in [-0.2, -0.15) is 0 Å². The Morgan fingerprint density at radius 3 is 2.46 bits per heavy atom. The van der Waals surface area contributed by atoms with Gasteiger partial charge < -0.3 is 14.4 Å². The number of amides is 1. The Morgan fingerprint density at radius 1 is 1.12 bits per heavy atom. The van der Waals surface area contributed by atoms with Crippen molar-refractivity contribution in [1.29, 1.82) is 0 Å². The van der Waals surface area contributed by atoms with Gasteiger partial charge in [-0.25, -0.2) is 0 Å². The first-order chi connectivity index (χ1) is 11.6. The number of nitrogens with zero attached hydrogens (tertiary/aromatic N) is 1. The number of carbonyl (C=O) groups excluding carboxylic acids is 2. The van der Waals surface area contributed by atoms with Crippen molar-refractivity contribution in [2.45, 2.75) is 25.4 Å². The van der Waals surface area contributed by atoms with Crippen LogP contribution in [0.2, 0.25) is 0 Å². The lowest BCUT2D eigenvalue weighted by Crippen LogP contribution is -2.44. The van der Waals surface area contributed by atoms with Crippen molar-refractivity contribution in [3.05, 3.63) is 60.1 Å². The number of aliphatic hydroxyl groups excluding tert-OH is 1. The van der Waals surface area contributed by atoms with E-state index in [2.05, 4.69) is 0 Å². The summed E-state index contributed by atoms with van der Waals surface area (Å²) < 4.78 is 5.00. The van der Waals surface area contributed by atoms with Crippen LogP contribution in [-0.2, 0) is 11.2 Å². The van der Waals surface area contributed by atoms with Crippen LogP contribution >= 0.6 is 0 Å². The highest BCUT2D eigenvalue weighted by Crippen LogP contribution is 2.23. The zero-order valence-electron chi connectivity index (χ0n) is 13.4. The predicted molar refractivity (Wildman–Crippen MR) is 88.5 cm³/mol. The van der Waals surface area contributed by atoms with E-state index in [1.54, 1.807) is 11.0 Å². The van der Waals surface area contributed by atoms with Crippen molar-refractivity contribution >= 4 is 11.7 Å². The first kappa shape index (κ1) is 16.5. The van der Waals surface area contributed by atoms with E-state index in [1.165, 1.54) is 12.3 Å². The average molecular weight is 327 g/mol. The number of ketones is 1. The third-order valence-corrected chi connectivity index (χ3v) is 4.60. The number of carbonyl (C=O) groups is 2. The van der Waals surface area contributed by atoms with E-state index in [4.69, 9.17) is 4.42 Å². The summed E-state index contributed by atoms with van der Waals surface area (Å²) in [7, 11) is 0. The lowest BCUT2D eigenvalue weighted by atomic mass is 9.88. The molecular formula is C19H21NO4. The maximum atomic E-state index is 12.2. The number of benzene rings is 1. The highest BCUT2D eigenvalue weighted by molar-refractivity contribution is 6.41. The Kier molecular flexibility index (Phi) is 5.11. The van der Waals surface area contributed by atoms with Gasteiger partial charge in [0.25, 0.3) is 11.7 Å². The third-order valence-electron chi connectivity index (χ3n) is 4.60. The fraction of sp³-hybridized carbons (Fsp3) is 0.368. The maximum Gasteiger partial charge on any atom is 0.298 e. The predicted octanol–water partition coefficient (Wildman–Crippen LogP) is 2.30. The number of hydrogen-bond donors (Lipinski definition) is 1. The molecule has 1 saturated heterocycles. The largest absolute Gasteiger partial charge is 0.461 e. The van der Waals surface area contributed by atoms with E-state index in [9.17, 15) is 14.7 Å². The van der Waals surface area contributed by atoms with E-state index < -0.39 is 17.8 Å². The van der Waals surface area contributed by atoms with Gasteiger partial charge in [0.1, 0.15) is 0 Å². The van der Waals surface area contributed by atoms with E-state index in [1.807, 2.05) is 30.3 Å². The number of piperidine rings is 1. The molecule has 1 aromatic carbocycles. The van der Waals surface area contributed by atoms with E-state index >= 15 is 0 Å². The van der Waals surface area contributed by atoms with Crippen molar-refractivity contribution < 1.29 is 19.1 Å². The molecule has 3 rings (SSSR count). The minimum Gasteiger partial charge on any atom is -0.461 e. The first-order valence-electron chi connectivity index (χ1n) is 8.24. The summed E-state index contributed by atoms with van der Waals surface area (Å²) in [5.74, 6) is -0.913. The maximum absolute atomic E-state index is 12.2. The first-order valence-corrected chi connectivity index (χ1v) is 8.24. The molecule has 0 bridgehead atoms. The van der Waals surface area contributed by atoms with Crippen LogP contribution in [0.15, 0.2) is 53.1 Å². The SMILES string of the molecule is O=C(C(=O)N1CCC(C(O)Cc2ccccc2)CC1)c1ccco1. The number of rotatable bonds is 5. The van der Waals surface area contributed by atoms with Gasteiger partial charge in [0.2, 0.25) is 0 Å². The topological polar surface area (TPSA) is 70.8 Å². The summed E-state index contributed by atoms with van der Waals surface area (Å²) in [6, 6.07) is 13.0. The third kappa shape index (κ3) is 3.74. The molecule has 24 heavy (non-hydrogen) atoms. The molecule has 2 heterocycles. The Labute approximate surface area is 140 Å². The summed E-state index contributed by atoms with van der Waals surface area (Å²) in [5, 5.41) is 10.4. The van der Waals surface area contributed by atoms with Crippen molar-refractivity contribution in [3.8, 4) is 0 Å². The van der Waals surface area contributed by atoms with Crippen LogP contribution in [0.1, 0.15) is 29.0 Å². The minimum absolute atomic E-state index is 0.0752. The molecule has 0 spiro atoms. The molecule has 5 heteroatoms. The molecule has 1 N–H and O–H groups in total. The molecule has 0 radical (unpaired) electrons. The van der Waals surface area contributed by atoms with Gasteiger partial charge >= 0.3 is 0 Å². The second-order valence-corrected chi connectivity index (χ2v) is 6.19. The summed E-state index contributed by atoms with van der Waals surface area (Å²) in [5.41, 5.74) is 1.11. The quantitative estimate of drug-likeness (QED) is 0.676. The molecule has 2 aromatic rings. The van der Waals surface area contributed by atoms with E-state index in [0.29, 0.717) is 32.4 Å². The molecule has 1 aliphatic heterocycles. The van der Waals surface area contributed by atoms with Crippen LogP contribution in [0.3, 0.4) is 0 Å². The van der Waals surface area contributed by atoms with Gasteiger partial charge in [0.15, 0.2) is 5.76 Å². The smallest absolute Gasteiger partial charge is 0.298 e. The summed E-state index contributed by atoms with van der Waals surface area (Å²) in [4.78, 5) is 25.8. The zero-order chi connectivity index (χ0) is 16.9. The second-order valence-electron chi connectivity index (χ2n) is 6.19. The van der Waals surface area contributed by atoms with Gasteiger partial charge in [-0.1, -0.05) is 30.3 Å². The molecule has 1 aliphatic rings. The Bertz CT molecular complexity index is 673. The fourth-order valence-corrected chi connectivity index (χ4v) is 3.17. The number of aliphatic hydroxyl groups is 1. The second kappa shape index (κ2) is 7.45. The van der Waals surface area contributed by atoms with Crippen LogP contribution in [-0.4, -0.2) is 40.9 Å². The number of likely N-dealkylation sites (tertiary alicyclic amines) is 1. The van der Waals surface area contributed by atoms with Crippen LogP contribution in [0, 0.1) is 5.92 Å². The lowest BCUT2D eigenvalue weighted by molar-refractivity contribution is -0.128. The van der Waals surface area contributed by atoms with Crippen molar-refractivity contribution in [2.24, 2.45) is 5.92 Å². The average Bonchev–Trinajstić information content (AvgIpc) is 3.16. The Balaban J connectivity index is 1.52. The number of Topliss-reactive ketones (excluding diaryl/α,β-unsaturated/α-hetero) is 1. The normalized spacial score (nSPS) is 16.8. The van der Waals surface area contributed by atoms with Crippen LogP contribution < -0.4 is 0 Å². The van der Waals surface area contributed by atoms with Crippen LogP contribution in [0.5, 0.6) is 0 Å². The number of furan rings is 1. The molecule has 1 unspecified atom stereocenters. The molecule has 126 valence electrons. The summed E-state index contributed by atoms with van der Waals surface area (Å²) >= 11 is 0. The molecule has 1 aromatic heterocycles. The molecule has 1 atom stereocenters. The van der Waals surface area contributed by atoms with Gasteiger partial charge in [-0.3, -0.25) is 9.59 Å². The number of hydrogen-bond acceptors (Lipinski definition) is 4. The molecule has 5 nitrogen and oxygen atoms in total. The monoisotopic (exact) mass is 327 g/mol. The highest BCUT2D eigenvalue weighted by atomic mass is 16.3. The Hall–Kier alpha value is -2.40. The van der Waals surface area contributed by atoms with Crippen LogP contribution in [0.25, 0.3) is 0 Å². The molecule has 0 saturated carbocycles. The van der Waals surface area contributed by atoms with Gasteiger partial charge in [-0.15, -0.1) is 0 Å². The highest BCUT2D eigenvalue weighted by Gasteiger charge is 2.31. The van der Waals surface area contributed by atoms with E-state index in [0.717, 1.165) is 5.56 Å². The van der Waals surface area contributed by atoms with Crippen molar-refractivity contribution in [1.82, 2.24) is 4.90 Å². The minimum atomic E-state index is -0.608. The zero-order valence-corrected chi connectivity index (χ0v) is 13.4. The van der Waals surface area contributed by atoms with Gasteiger partial charge in [0.05, 0.1) is 12.4 Å². The van der Waals surface area contributed by atoms with Crippen molar-refractivity contribution in [2.75, 3.05) is 13.1 Å². The van der Waals surface area contributed by atoms with E-state index in [-0.39, 0.29) is 11.7 Å². The molecule has 1 fully saturated rings. The van der Waals surface area contributed by atoms with Crippen molar-refractivity contribution in [3.63, 3.8) is 0 Å². The molecule has 1 amide bonds. The van der Waals surface area contributed by atoms with Crippen LogP contribution in [0.4, 0.5) is 0 Å². The fourth-order valence-electron chi connectivity index (χ4n) is 3.17. The van der Waals surface area contributed by atoms with Gasteiger partial charge in [-0.05, 0) is 42.9 Å². The van der Waals surface area contributed by atoms with Gasteiger partial charge in [0, 0.05) is 13.1 Å². The Morgan fingerprint density at radius 2 is 1.83 bits per heavy atom. The summed E-state index contributed by atoms with van der Waals surface area (Å²) in [6.45, 7) is 0.976. The molecular weight excluding hydrogens is 306 g/mol. The molecule has 0 aliphatic carbocycles.